The summed E-state index contributed by atoms with van der Waals surface area (Å²) in [5.41, 5.74) is 0.990. The Morgan fingerprint density at radius 2 is 2.30 bits per heavy atom. The summed E-state index contributed by atoms with van der Waals surface area (Å²) in [7, 11) is 1.79. The van der Waals surface area contributed by atoms with Gasteiger partial charge in [0.1, 0.15) is 0 Å². The molecule has 1 aliphatic rings. The Morgan fingerprint density at radius 1 is 1.48 bits per heavy atom. The number of guanidine groups is 1. The molecule has 1 aliphatic heterocycles. The van der Waals surface area contributed by atoms with Crippen LogP contribution in [0.1, 0.15) is 51.0 Å². The van der Waals surface area contributed by atoms with Crippen molar-refractivity contribution in [2.75, 3.05) is 33.2 Å². The van der Waals surface area contributed by atoms with Crippen molar-refractivity contribution < 1.29 is 4.52 Å². The van der Waals surface area contributed by atoms with E-state index in [1.54, 1.807) is 7.05 Å². The zero-order valence-electron chi connectivity index (χ0n) is 14.9. The molecule has 1 unspecified atom stereocenters. The topological polar surface area (TPSA) is 65.7 Å². The van der Waals surface area contributed by atoms with Crippen molar-refractivity contribution in [1.29, 1.82) is 0 Å². The SMILES string of the molecule is CN=C(NCCN1CCCC(C)C1)NCc1cc(C(C)C)no1. The third kappa shape index (κ3) is 5.86. The number of aromatic nitrogens is 1. The second-order valence-electron chi connectivity index (χ2n) is 6.77. The highest BCUT2D eigenvalue weighted by atomic mass is 16.5. The summed E-state index contributed by atoms with van der Waals surface area (Å²) in [6.45, 7) is 11.5. The van der Waals surface area contributed by atoms with Crippen LogP contribution >= 0.6 is 0 Å². The van der Waals surface area contributed by atoms with Crippen LogP contribution in [0.3, 0.4) is 0 Å². The van der Waals surface area contributed by atoms with Gasteiger partial charge in [0.05, 0.1) is 12.2 Å². The predicted octanol–water partition coefficient (Wildman–Crippen LogP) is 2.19. The molecule has 0 saturated carbocycles. The average Bonchev–Trinajstić information content (AvgIpc) is 3.00. The molecule has 130 valence electrons. The van der Waals surface area contributed by atoms with Crippen LogP contribution in [0.2, 0.25) is 0 Å². The highest BCUT2D eigenvalue weighted by Gasteiger charge is 2.15. The van der Waals surface area contributed by atoms with Crippen LogP contribution < -0.4 is 10.6 Å². The molecule has 1 aromatic heterocycles. The first kappa shape index (κ1) is 17.8. The van der Waals surface area contributed by atoms with Gasteiger partial charge in [-0.05, 0) is 31.2 Å². The molecule has 1 aromatic rings. The van der Waals surface area contributed by atoms with E-state index in [9.17, 15) is 0 Å². The maximum Gasteiger partial charge on any atom is 0.191 e. The van der Waals surface area contributed by atoms with Gasteiger partial charge in [-0.25, -0.2) is 0 Å². The quantitative estimate of drug-likeness (QED) is 0.621. The summed E-state index contributed by atoms with van der Waals surface area (Å²) in [4.78, 5) is 6.78. The largest absolute Gasteiger partial charge is 0.359 e. The molecule has 0 amide bonds. The number of hydrogen-bond donors (Lipinski definition) is 2. The van der Waals surface area contributed by atoms with Gasteiger partial charge in [-0.3, -0.25) is 4.99 Å². The molecule has 0 aromatic carbocycles. The van der Waals surface area contributed by atoms with E-state index >= 15 is 0 Å². The molecule has 1 fully saturated rings. The first-order valence-electron chi connectivity index (χ1n) is 8.71. The fourth-order valence-corrected chi connectivity index (χ4v) is 2.90. The second-order valence-corrected chi connectivity index (χ2v) is 6.77. The Hall–Kier alpha value is -1.56. The van der Waals surface area contributed by atoms with Gasteiger partial charge in [-0.15, -0.1) is 0 Å². The van der Waals surface area contributed by atoms with Crippen LogP contribution in [0.4, 0.5) is 0 Å². The molecule has 1 saturated heterocycles. The maximum atomic E-state index is 5.33. The number of hydrogen-bond acceptors (Lipinski definition) is 4. The van der Waals surface area contributed by atoms with E-state index < -0.39 is 0 Å². The zero-order chi connectivity index (χ0) is 16.7. The smallest absolute Gasteiger partial charge is 0.191 e. The standard InChI is InChI=1S/C17H31N5O/c1-13(2)16-10-15(23-21-16)11-20-17(18-4)19-7-9-22-8-5-6-14(3)12-22/h10,13-14H,5-9,11-12H2,1-4H3,(H2,18,19,20). The molecule has 1 atom stereocenters. The minimum Gasteiger partial charge on any atom is -0.359 e. The van der Waals surface area contributed by atoms with Crippen LogP contribution in [0.15, 0.2) is 15.6 Å². The van der Waals surface area contributed by atoms with Crippen LogP contribution in [0.5, 0.6) is 0 Å². The summed E-state index contributed by atoms with van der Waals surface area (Å²) in [6.07, 6.45) is 2.68. The van der Waals surface area contributed by atoms with Gasteiger partial charge in [0, 0.05) is 32.7 Å². The number of nitrogens with one attached hydrogen (secondary N) is 2. The van der Waals surface area contributed by atoms with Crippen LogP contribution in [-0.2, 0) is 6.54 Å². The van der Waals surface area contributed by atoms with E-state index in [4.69, 9.17) is 4.52 Å². The van der Waals surface area contributed by atoms with E-state index in [-0.39, 0.29) is 0 Å². The first-order valence-corrected chi connectivity index (χ1v) is 8.71. The van der Waals surface area contributed by atoms with Gasteiger partial charge >= 0.3 is 0 Å². The fourth-order valence-electron chi connectivity index (χ4n) is 2.90. The molecule has 0 spiro atoms. The minimum absolute atomic E-state index is 0.386. The third-order valence-electron chi connectivity index (χ3n) is 4.28. The van der Waals surface area contributed by atoms with E-state index in [0.29, 0.717) is 12.5 Å². The number of likely N-dealkylation sites (tertiary alicyclic amines) is 1. The van der Waals surface area contributed by atoms with Gasteiger partial charge < -0.3 is 20.1 Å². The van der Waals surface area contributed by atoms with Gasteiger partial charge in [0.15, 0.2) is 11.7 Å². The van der Waals surface area contributed by atoms with Crippen molar-refractivity contribution in [3.8, 4) is 0 Å². The van der Waals surface area contributed by atoms with Crippen LogP contribution in [0, 0.1) is 5.92 Å². The molecule has 0 radical (unpaired) electrons. The number of aliphatic imine (C=N–C) groups is 1. The molecule has 23 heavy (non-hydrogen) atoms. The van der Waals surface area contributed by atoms with Gasteiger partial charge in [-0.2, -0.15) is 0 Å². The van der Waals surface area contributed by atoms with Crippen LogP contribution in [0.25, 0.3) is 0 Å². The van der Waals surface area contributed by atoms with Crippen molar-refractivity contribution in [1.82, 2.24) is 20.7 Å². The Labute approximate surface area is 139 Å². The Kier molecular flexibility index (Phi) is 6.89. The summed E-state index contributed by atoms with van der Waals surface area (Å²) in [5.74, 6) is 2.85. The number of rotatable bonds is 6. The van der Waals surface area contributed by atoms with Crippen LogP contribution in [-0.4, -0.2) is 49.2 Å². The molecule has 6 heteroatoms. The highest BCUT2D eigenvalue weighted by molar-refractivity contribution is 5.79. The van der Waals surface area contributed by atoms with E-state index in [1.807, 2.05) is 6.07 Å². The van der Waals surface area contributed by atoms with Crippen molar-refractivity contribution in [3.05, 3.63) is 17.5 Å². The molecule has 0 bridgehead atoms. The summed E-state index contributed by atoms with van der Waals surface area (Å²) >= 11 is 0. The van der Waals surface area contributed by atoms with Crippen molar-refractivity contribution >= 4 is 5.96 Å². The van der Waals surface area contributed by atoms with Crippen molar-refractivity contribution in [3.63, 3.8) is 0 Å². The lowest BCUT2D eigenvalue weighted by Gasteiger charge is -2.30. The first-order chi connectivity index (χ1) is 11.1. The van der Waals surface area contributed by atoms with E-state index in [2.05, 4.69) is 46.5 Å². The normalized spacial score (nSPS) is 20.0. The Morgan fingerprint density at radius 3 is 2.96 bits per heavy atom. The monoisotopic (exact) mass is 321 g/mol. The average molecular weight is 321 g/mol. The fraction of sp³-hybridized carbons (Fsp3) is 0.765. The lowest BCUT2D eigenvalue weighted by Crippen LogP contribution is -2.43. The van der Waals surface area contributed by atoms with E-state index in [1.165, 1.54) is 25.9 Å². The lowest BCUT2D eigenvalue weighted by atomic mass is 10.0. The zero-order valence-corrected chi connectivity index (χ0v) is 14.9. The molecule has 0 aliphatic carbocycles. The molecule has 6 nitrogen and oxygen atoms in total. The lowest BCUT2D eigenvalue weighted by molar-refractivity contribution is 0.187. The molecular formula is C17H31N5O. The highest BCUT2D eigenvalue weighted by Crippen LogP contribution is 2.15. The summed E-state index contributed by atoms with van der Waals surface area (Å²) in [6, 6.07) is 2.00. The number of piperidine rings is 1. The molecule has 2 N–H and O–H groups in total. The molecule has 2 rings (SSSR count). The summed E-state index contributed by atoms with van der Waals surface area (Å²) < 4.78 is 5.33. The minimum atomic E-state index is 0.386. The Balaban J connectivity index is 1.68. The third-order valence-corrected chi connectivity index (χ3v) is 4.28. The predicted molar refractivity (Wildman–Crippen MR) is 93.6 cm³/mol. The van der Waals surface area contributed by atoms with Gasteiger partial charge in [0.25, 0.3) is 0 Å². The number of nitrogens with zero attached hydrogens (tertiary/aromatic N) is 3. The van der Waals surface area contributed by atoms with Gasteiger partial charge in [0.2, 0.25) is 0 Å². The maximum absolute atomic E-state index is 5.33. The van der Waals surface area contributed by atoms with E-state index in [0.717, 1.165) is 36.4 Å². The summed E-state index contributed by atoms with van der Waals surface area (Å²) in [5, 5.41) is 10.7. The van der Waals surface area contributed by atoms with Gasteiger partial charge in [-0.1, -0.05) is 25.9 Å². The Bertz CT molecular complexity index is 497. The van der Waals surface area contributed by atoms with Crippen molar-refractivity contribution in [2.45, 2.75) is 46.1 Å². The van der Waals surface area contributed by atoms with Crippen molar-refractivity contribution in [2.24, 2.45) is 10.9 Å². The molecular weight excluding hydrogens is 290 g/mol. The second kappa shape index (κ2) is 8.91. The molecule has 2 heterocycles.